The number of benzene rings is 2. The number of rotatable bonds is 5. The van der Waals surface area contributed by atoms with Crippen LogP contribution in [0.25, 0.3) is 0 Å². The number of carbonyl (C=O) groups excluding carboxylic acids is 2. The molecule has 3 aliphatic rings. The van der Waals surface area contributed by atoms with Gasteiger partial charge in [0.2, 0.25) is 6.79 Å². The highest BCUT2D eigenvalue weighted by atomic mass is 16.7. The molecule has 0 saturated heterocycles. The summed E-state index contributed by atoms with van der Waals surface area (Å²) in [5.74, 6) is 1.08. The van der Waals surface area contributed by atoms with Crippen LogP contribution < -0.4 is 19.5 Å². The van der Waals surface area contributed by atoms with Crippen LogP contribution in [0.2, 0.25) is 0 Å². The zero-order chi connectivity index (χ0) is 22.9. The van der Waals surface area contributed by atoms with Gasteiger partial charge in [-0.25, -0.2) is 4.79 Å². The van der Waals surface area contributed by atoms with Crippen LogP contribution in [0.4, 0.5) is 0 Å². The molecule has 7 heteroatoms. The van der Waals surface area contributed by atoms with Gasteiger partial charge in [0.1, 0.15) is 12.4 Å². The van der Waals surface area contributed by atoms with Gasteiger partial charge in [0.15, 0.2) is 17.3 Å². The molecule has 2 aromatic carbocycles. The molecule has 7 nitrogen and oxygen atoms in total. The molecule has 0 fully saturated rings. The Bertz CT molecular complexity index is 1180. The quantitative estimate of drug-likeness (QED) is 0.690. The maximum atomic E-state index is 13.4. The molecule has 0 bridgehead atoms. The average Bonchev–Trinajstić information content (AvgIpc) is 3.30. The summed E-state index contributed by atoms with van der Waals surface area (Å²) in [4.78, 5) is 26.4. The van der Waals surface area contributed by atoms with Crippen molar-refractivity contribution in [3.05, 3.63) is 76.1 Å². The van der Waals surface area contributed by atoms with Gasteiger partial charge in [0.05, 0.1) is 12.7 Å². The minimum Gasteiger partial charge on any atom is -0.497 e. The summed E-state index contributed by atoms with van der Waals surface area (Å²) in [7, 11) is 1.60. The number of hydrogen-bond acceptors (Lipinski definition) is 7. The van der Waals surface area contributed by atoms with E-state index in [1.54, 1.807) is 7.11 Å². The molecular weight excluding hydrogens is 422 g/mol. The van der Waals surface area contributed by atoms with E-state index in [1.807, 2.05) is 49.4 Å². The summed E-state index contributed by atoms with van der Waals surface area (Å²) in [5.41, 5.74) is 4.32. The number of esters is 1. The van der Waals surface area contributed by atoms with Gasteiger partial charge in [0, 0.05) is 29.3 Å². The monoisotopic (exact) mass is 447 g/mol. The smallest absolute Gasteiger partial charge is 0.337 e. The number of allylic oxidation sites excluding steroid dienone is 3. The van der Waals surface area contributed by atoms with Crippen LogP contribution >= 0.6 is 0 Å². The van der Waals surface area contributed by atoms with E-state index >= 15 is 0 Å². The highest BCUT2D eigenvalue weighted by Gasteiger charge is 2.39. The molecule has 1 unspecified atom stereocenters. The van der Waals surface area contributed by atoms with Gasteiger partial charge in [-0.3, -0.25) is 4.79 Å². The highest BCUT2D eigenvalue weighted by molar-refractivity contribution is 6.03. The predicted octanol–water partition coefficient (Wildman–Crippen LogP) is 4.14. The van der Waals surface area contributed by atoms with Crippen molar-refractivity contribution in [2.24, 2.45) is 0 Å². The van der Waals surface area contributed by atoms with Crippen molar-refractivity contribution in [1.29, 1.82) is 0 Å². The van der Waals surface area contributed by atoms with E-state index in [0.717, 1.165) is 35.4 Å². The number of ketones is 1. The Morgan fingerprint density at radius 2 is 1.88 bits per heavy atom. The van der Waals surface area contributed by atoms with Crippen molar-refractivity contribution in [1.82, 2.24) is 5.32 Å². The zero-order valence-electron chi connectivity index (χ0n) is 18.6. The fourth-order valence-corrected chi connectivity index (χ4v) is 4.63. The Kier molecular flexibility index (Phi) is 5.54. The predicted molar refractivity (Wildman–Crippen MR) is 120 cm³/mol. The normalized spacial score (nSPS) is 19.2. The second-order valence-electron chi connectivity index (χ2n) is 8.30. The summed E-state index contributed by atoms with van der Waals surface area (Å²) in [6.45, 7) is 2.13. The fraction of sp³-hybridized carbons (Fsp3) is 0.308. The Morgan fingerprint density at radius 3 is 2.67 bits per heavy atom. The van der Waals surface area contributed by atoms with Crippen molar-refractivity contribution >= 4 is 11.8 Å². The van der Waals surface area contributed by atoms with Gasteiger partial charge in [-0.05, 0) is 55.2 Å². The highest BCUT2D eigenvalue weighted by Crippen LogP contribution is 2.45. The van der Waals surface area contributed by atoms with Crippen LogP contribution in [-0.4, -0.2) is 25.7 Å². The van der Waals surface area contributed by atoms with E-state index in [1.165, 1.54) is 0 Å². The largest absolute Gasteiger partial charge is 0.497 e. The van der Waals surface area contributed by atoms with Crippen molar-refractivity contribution < 1.29 is 28.5 Å². The molecule has 1 N–H and O–H groups in total. The number of carbonyl (C=O) groups is 2. The second-order valence-corrected chi connectivity index (χ2v) is 8.30. The number of ether oxygens (including phenoxy) is 4. The number of dihydropyridines is 1. The van der Waals surface area contributed by atoms with Gasteiger partial charge >= 0.3 is 5.97 Å². The average molecular weight is 447 g/mol. The van der Waals surface area contributed by atoms with E-state index in [0.29, 0.717) is 34.8 Å². The number of hydrogen-bond donors (Lipinski definition) is 1. The Balaban J connectivity index is 1.48. The number of methoxy groups -OCH3 is 1. The lowest BCUT2D eigenvalue weighted by atomic mass is 9.75. The number of Topliss-reactive ketones (excluding diaryl/α,β-unsaturated/α-hetero) is 1. The third kappa shape index (κ3) is 3.95. The molecule has 0 aromatic heterocycles. The van der Waals surface area contributed by atoms with Gasteiger partial charge in [-0.2, -0.15) is 0 Å². The lowest BCUT2D eigenvalue weighted by molar-refractivity contribution is -0.140. The molecule has 2 heterocycles. The summed E-state index contributed by atoms with van der Waals surface area (Å²) < 4.78 is 21.9. The molecule has 0 amide bonds. The first-order valence-electron chi connectivity index (χ1n) is 11.0. The molecule has 5 rings (SSSR count). The van der Waals surface area contributed by atoms with Crippen LogP contribution in [0.3, 0.4) is 0 Å². The van der Waals surface area contributed by atoms with Crippen molar-refractivity contribution in [2.75, 3.05) is 13.9 Å². The molecule has 0 saturated carbocycles. The zero-order valence-corrected chi connectivity index (χ0v) is 18.6. The minimum absolute atomic E-state index is 0.0550. The lowest BCUT2D eigenvalue weighted by Gasteiger charge is -2.34. The lowest BCUT2D eigenvalue weighted by Crippen LogP contribution is -2.34. The second kappa shape index (κ2) is 8.65. The molecule has 1 atom stereocenters. The molecule has 1 aliphatic carbocycles. The molecule has 0 radical (unpaired) electrons. The van der Waals surface area contributed by atoms with Crippen LogP contribution in [-0.2, 0) is 20.9 Å². The van der Waals surface area contributed by atoms with Crippen molar-refractivity contribution in [2.45, 2.75) is 38.7 Å². The molecule has 170 valence electrons. The van der Waals surface area contributed by atoms with E-state index in [2.05, 4.69) is 5.32 Å². The van der Waals surface area contributed by atoms with Gasteiger partial charge in [0.25, 0.3) is 0 Å². The molecule has 33 heavy (non-hydrogen) atoms. The maximum Gasteiger partial charge on any atom is 0.337 e. The Hall–Kier alpha value is -3.74. The Labute approximate surface area is 192 Å². The first-order valence-corrected chi connectivity index (χ1v) is 11.0. The number of nitrogens with one attached hydrogen (secondary N) is 1. The van der Waals surface area contributed by atoms with Crippen LogP contribution in [0.15, 0.2) is 65.0 Å². The summed E-state index contributed by atoms with van der Waals surface area (Å²) in [6, 6.07) is 12.9. The van der Waals surface area contributed by atoms with Crippen LogP contribution in [0.1, 0.15) is 43.2 Å². The van der Waals surface area contributed by atoms with E-state index in [9.17, 15) is 9.59 Å². The first kappa shape index (κ1) is 21.1. The van der Waals surface area contributed by atoms with Gasteiger partial charge in [-0.1, -0.05) is 18.2 Å². The third-order valence-corrected chi connectivity index (χ3v) is 6.25. The van der Waals surface area contributed by atoms with E-state index < -0.39 is 11.9 Å². The molecule has 2 aromatic rings. The molecule has 2 aliphatic heterocycles. The standard InChI is InChI=1S/C26H25NO6/c1-15-23(26(29)31-13-16-6-9-18(30-2)10-7-16)24(25-19(27-15)4-3-5-20(25)28)17-8-11-21-22(12-17)33-14-32-21/h6-12,24,27H,3-5,13-14H2,1-2H3. The SMILES string of the molecule is COc1ccc(COC(=O)C2=C(C)NC3=C(C(=O)CCC3)C2c2ccc3c(c2)OCO3)cc1. The summed E-state index contributed by atoms with van der Waals surface area (Å²) in [6.07, 6.45) is 2.03. The van der Waals surface area contributed by atoms with E-state index in [-0.39, 0.29) is 19.2 Å². The van der Waals surface area contributed by atoms with E-state index in [4.69, 9.17) is 18.9 Å². The van der Waals surface area contributed by atoms with Gasteiger partial charge in [-0.15, -0.1) is 0 Å². The Morgan fingerprint density at radius 1 is 1.09 bits per heavy atom. The summed E-state index contributed by atoms with van der Waals surface area (Å²) in [5, 5.41) is 3.31. The topological polar surface area (TPSA) is 83.1 Å². The number of fused-ring (bicyclic) bond motifs is 1. The third-order valence-electron chi connectivity index (χ3n) is 6.25. The molecule has 0 spiro atoms. The summed E-state index contributed by atoms with van der Waals surface area (Å²) >= 11 is 0. The van der Waals surface area contributed by atoms with Crippen molar-refractivity contribution in [3.8, 4) is 17.2 Å². The van der Waals surface area contributed by atoms with Crippen molar-refractivity contribution in [3.63, 3.8) is 0 Å². The van der Waals surface area contributed by atoms with Crippen LogP contribution in [0, 0.1) is 0 Å². The van der Waals surface area contributed by atoms with Gasteiger partial charge < -0.3 is 24.3 Å². The fourth-order valence-electron chi connectivity index (χ4n) is 4.63. The first-order chi connectivity index (χ1) is 16.0. The maximum absolute atomic E-state index is 13.4. The molecular formula is C26H25NO6. The minimum atomic E-state index is -0.521. The van der Waals surface area contributed by atoms with Crippen LogP contribution in [0.5, 0.6) is 17.2 Å².